The first-order valence-corrected chi connectivity index (χ1v) is 6.23. The number of hydrogen-bond acceptors (Lipinski definition) is 4. The van der Waals surface area contributed by atoms with Gasteiger partial charge in [-0.3, -0.25) is 10.1 Å². The largest absolute Gasteiger partial charge is 0.395 e. The number of aryl methyl sites for hydroxylation is 1. The van der Waals surface area contributed by atoms with Crippen molar-refractivity contribution in [3.63, 3.8) is 0 Å². The Kier molecular flexibility index (Phi) is 6.32. The van der Waals surface area contributed by atoms with E-state index in [0.29, 0.717) is 0 Å². The Balaban J connectivity index is 2.21. The summed E-state index contributed by atoms with van der Waals surface area (Å²) in [6, 6.07) is 6.58. The molecule has 0 aliphatic heterocycles. The molecular formula is C13H20N2O3. The fraction of sp³-hybridized carbons (Fsp3) is 0.538. The predicted octanol–water partition coefficient (Wildman–Crippen LogP) is 2.02. The quantitative estimate of drug-likeness (QED) is 0.421. The molecule has 0 heterocycles. The second kappa shape index (κ2) is 7.79. The molecule has 1 aromatic rings. The van der Waals surface area contributed by atoms with Crippen LogP contribution in [0.2, 0.25) is 0 Å². The van der Waals surface area contributed by atoms with Gasteiger partial charge in [-0.15, -0.1) is 0 Å². The van der Waals surface area contributed by atoms with Gasteiger partial charge >= 0.3 is 0 Å². The number of hydrogen-bond donors (Lipinski definition) is 2. The van der Waals surface area contributed by atoms with Gasteiger partial charge in [0.15, 0.2) is 0 Å². The van der Waals surface area contributed by atoms with Crippen LogP contribution in [0.5, 0.6) is 0 Å². The zero-order valence-electron chi connectivity index (χ0n) is 10.4. The van der Waals surface area contributed by atoms with E-state index in [1.807, 2.05) is 0 Å². The van der Waals surface area contributed by atoms with Crippen LogP contribution in [0.3, 0.4) is 0 Å². The summed E-state index contributed by atoms with van der Waals surface area (Å²) in [6.07, 6.45) is 4.87. The minimum Gasteiger partial charge on any atom is -0.395 e. The van der Waals surface area contributed by atoms with Gasteiger partial charge in [-0.25, -0.2) is 0 Å². The Hall–Kier alpha value is -1.46. The molecule has 0 aliphatic rings. The zero-order valence-corrected chi connectivity index (χ0v) is 10.4. The molecule has 0 amide bonds. The topological polar surface area (TPSA) is 89.4 Å². The molecule has 3 N–H and O–H groups in total. The first kappa shape index (κ1) is 14.6. The Morgan fingerprint density at radius 3 is 2.44 bits per heavy atom. The number of nitro groups is 1. The molecule has 0 aromatic heterocycles. The predicted molar refractivity (Wildman–Crippen MR) is 70.3 cm³/mol. The van der Waals surface area contributed by atoms with Crippen molar-refractivity contribution in [2.24, 2.45) is 5.73 Å². The molecule has 1 unspecified atom stereocenters. The van der Waals surface area contributed by atoms with Crippen LogP contribution >= 0.6 is 0 Å². The van der Waals surface area contributed by atoms with Gasteiger partial charge in [-0.05, 0) is 24.8 Å². The van der Waals surface area contributed by atoms with Crippen LogP contribution < -0.4 is 5.73 Å². The summed E-state index contributed by atoms with van der Waals surface area (Å²) in [5.74, 6) is 0. The summed E-state index contributed by atoms with van der Waals surface area (Å²) in [4.78, 5) is 10.1. The Morgan fingerprint density at radius 2 is 1.89 bits per heavy atom. The molecule has 100 valence electrons. The van der Waals surface area contributed by atoms with E-state index in [2.05, 4.69) is 0 Å². The fourth-order valence-electron chi connectivity index (χ4n) is 1.79. The van der Waals surface area contributed by atoms with Crippen molar-refractivity contribution >= 4 is 5.69 Å². The summed E-state index contributed by atoms with van der Waals surface area (Å²) in [5.41, 5.74) is 6.85. The minimum absolute atomic E-state index is 0.0440. The molecule has 0 spiro atoms. The number of aliphatic hydroxyl groups is 1. The van der Waals surface area contributed by atoms with Crippen molar-refractivity contribution in [3.8, 4) is 0 Å². The monoisotopic (exact) mass is 252 g/mol. The second-order valence-electron chi connectivity index (χ2n) is 4.47. The normalized spacial score (nSPS) is 12.3. The number of nitrogens with two attached hydrogens (primary N) is 1. The highest BCUT2D eigenvalue weighted by molar-refractivity contribution is 5.32. The summed E-state index contributed by atoms with van der Waals surface area (Å²) >= 11 is 0. The van der Waals surface area contributed by atoms with E-state index in [9.17, 15) is 10.1 Å². The first-order valence-electron chi connectivity index (χ1n) is 6.23. The van der Waals surface area contributed by atoms with E-state index in [0.717, 1.165) is 37.7 Å². The Labute approximate surface area is 107 Å². The standard InChI is InChI=1S/C13H20N2O3/c14-12(10-16)5-3-1-2-4-11-6-8-13(9-7-11)15(17)18/h6-9,12,16H,1-5,10,14H2. The van der Waals surface area contributed by atoms with Gasteiger partial charge in [0, 0.05) is 18.2 Å². The third-order valence-electron chi connectivity index (χ3n) is 2.92. The summed E-state index contributed by atoms with van der Waals surface area (Å²) in [5, 5.41) is 19.2. The molecule has 0 saturated carbocycles. The minimum atomic E-state index is -0.389. The smallest absolute Gasteiger partial charge is 0.269 e. The first-order chi connectivity index (χ1) is 8.63. The SMILES string of the molecule is NC(CO)CCCCCc1ccc([N+](=O)[O-])cc1. The van der Waals surface area contributed by atoms with Gasteiger partial charge < -0.3 is 10.8 Å². The molecule has 5 heteroatoms. The highest BCUT2D eigenvalue weighted by Gasteiger charge is 2.04. The lowest BCUT2D eigenvalue weighted by atomic mass is 10.0. The maximum absolute atomic E-state index is 10.5. The number of nitro benzene ring substituents is 1. The van der Waals surface area contributed by atoms with Crippen molar-refractivity contribution in [3.05, 3.63) is 39.9 Å². The number of nitrogens with zero attached hydrogens (tertiary/aromatic N) is 1. The average molecular weight is 252 g/mol. The Bertz CT molecular complexity index is 365. The number of unbranched alkanes of at least 4 members (excludes halogenated alkanes) is 2. The maximum atomic E-state index is 10.5. The van der Waals surface area contributed by atoms with Gasteiger partial charge in [-0.2, -0.15) is 0 Å². The van der Waals surface area contributed by atoms with E-state index in [-0.39, 0.29) is 23.3 Å². The molecule has 0 saturated heterocycles. The van der Waals surface area contributed by atoms with Crippen LogP contribution in [0.1, 0.15) is 31.2 Å². The zero-order chi connectivity index (χ0) is 13.4. The van der Waals surface area contributed by atoms with Crippen molar-refractivity contribution in [1.29, 1.82) is 0 Å². The van der Waals surface area contributed by atoms with Crippen LogP contribution in [0, 0.1) is 10.1 Å². The fourth-order valence-corrected chi connectivity index (χ4v) is 1.79. The van der Waals surface area contributed by atoms with Crippen molar-refractivity contribution in [2.75, 3.05) is 6.61 Å². The molecule has 0 bridgehead atoms. The van der Waals surface area contributed by atoms with E-state index < -0.39 is 0 Å². The molecule has 0 fully saturated rings. The molecule has 1 rings (SSSR count). The lowest BCUT2D eigenvalue weighted by Gasteiger charge is -2.07. The van der Waals surface area contributed by atoms with Gasteiger partial charge in [-0.1, -0.05) is 25.0 Å². The van der Waals surface area contributed by atoms with Crippen LogP contribution in [0.4, 0.5) is 5.69 Å². The Morgan fingerprint density at radius 1 is 1.22 bits per heavy atom. The van der Waals surface area contributed by atoms with Gasteiger partial charge in [0.05, 0.1) is 11.5 Å². The van der Waals surface area contributed by atoms with E-state index >= 15 is 0 Å². The summed E-state index contributed by atoms with van der Waals surface area (Å²) in [7, 11) is 0. The molecule has 0 aliphatic carbocycles. The second-order valence-corrected chi connectivity index (χ2v) is 4.47. The molecule has 1 atom stereocenters. The van der Waals surface area contributed by atoms with E-state index in [4.69, 9.17) is 10.8 Å². The number of rotatable bonds is 8. The van der Waals surface area contributed by atoms with Gasteiger partial charge in [0.1, 0.15) is 0 Å². The van der Waals surface area contributed by atoms with Crippen molar-refractivity contribution in [1.82, 2.24) is 0 Å². The van der Waals surface area contributed by atoms with Crippen LogP contribution in [-0.2, 0) is 6.42 Å². The lowest BCUT2D eigenvalue weighted by molar-refractivity contribution is -0.384. The van der Waals surface area contributed by atoms with Crippen LogP contribution in [0.15, 0.2) is 24.3 Å². The van der Waals surface area contributed by atoms with Gasteiger partial charge in [0.2, 0.25) is 0 Å². The molecule has 0 radical (unpaired) electrons. The highest BCUT2D eigenvalue weighted by atomic mass is 16.6. The molecular weight excluding hydrogens is 232 g/mol. The number of aliphatic hydroxyl groups excluding tert-OH is 1. The molecule has 5 nitrogen and oxygen atoms in total. The maximum Gasteiger partial charge on any atom is 0.269 e. The summed E-state index contributed by atoms with van der Waals surface area (Å²) < 4.78 is 0. The molecule has 18 heavy (non-hydrogen) atoms. The van der Waals surface area contributed by atoms with Crippen LogP contribution in [0.25, 0.3) is 0 Å². The number of benzene rings is 1. The average Bonchev–Trinajstić information content (AvgIpc) is 2.38. The highest BCUT2D eigenvalue weighted by Crippen LogP contribution is 2.14. The third-order valence-corrected chi connectivity index (χ3v) is 2.92. The van der Waals surface area contributed by atoms with Crippen molar-refractivity contribution in [2.45, 2.75) is 38.1 Å². The third kappa shape index (κ3) is 5.25. The summed E-state index contributed by atoms with van der Waals surface area (Å²) in [6.45, 7) is 0.0440. The van der Waals surface area contributed by atoms with Crippen LogP contribution in [-0.4, -0.2) is 22.7 Å². The van der Waals surface area contributed by atoms with E-state index in [1.165, 1.54) is 12.1 Å². The van der Waals surface area contributed by atoms with Crippen molar-refractivity contribution < 1.29 is 10.0 Å². The molecule has 1 aromatic carbocycles. The van der Waals surface area contributed by atoms with E-state index in [1.54, 1.807) is 12.1 Å². The lowest BCUT2D eigenvalue weighted by Crippen LogP contribution is -2.23. The number of non-ortho nitro benzene ring substituents is 1. The van der Waals surface area contributed by atoms with Gasteiger partial charge in [0.25, 0.3) is 5.69 Å².